The number of urea groups is 1. The molecule has 2 aromatic rings. The van der Waals surface area contributed by atoms with E-state index >= 15 is 0 Å². The molecule has 0 aromatic heterocycles. The Labute approximate surface area is 171 Å². The summed E-state index contributed by atoms with van der Waals surface area (Å²) in [5.41, 5.74) is -1.61. The highest BCUT2D eigenvalue weighted by Gasteiger charge is 2.50. The van der Waals surface area contributed by atoms with E-state index in [0.29, 0.717) is 17.9 Å². The first kappa shape index (κ1) is 21.4. The fourth-order valence-corrected chi connectivity index (χ4v) is 3.23. The van der Waals surface area contributed by atoms with Crippen molar-refractivity contribution >= 4 is 17.8 Å². The van der Waals surface area contributed by atoms with Crippen molar-refractivity contribution in [1.82, 2.24) is 15.5 Å². The van der Waals surface area contributed by atoms with E-state index < -0.39 is 41.7 Å². The SMILES string of the molecule is C[C@@]1(c2cccc(C(F)(F)F)c2)NC(=O)N(CC(=O)NCCc2ccccc2)C1=O. The van der Waals surface area contributed by atoms with Gasteiger partial charge < -0.3 is 10.6 Å². The number of hydrogen-bond donors (Lipinski definition) is 2. The zero-order valence-electron chi connectivity index (χ0n) is 16.1. The van der Waals surface area contributed by atoms with Crippen LogP contribution in [0.2, 0.25) is 0 Å². The molecule has 0 bridgehead atoms. The van der Waals surface area contributed by atoms with Crippen molar-refractivity contribution in [2.45, 2.75) is 25.1 Å². The number of alkyl halides is 3. The van der Waals surface area contributed by atoms with E-state index in [2.05, 4.69) is 10.6 Å². The normalized spacial score (nSPS) is 19.0. The Morgan fingerprint density at radius 1 is 1.10 bits per heavy atom. The molecule has 158 valence electrons. The van der Waals surface area contributed by atoms with Gasteiger partial charge in [0.25, 0.3) is 5.91 Å². The van der Waals surface area contributed by atoms with Crippen LogP contribution in [0.15, 0.2) is 54.6 Å². The Hall–Kier alpha value is -3.36. The second kappa shape index (κ2) is 8.17. The van der Waals surface area contributed by atoms with Crippen molar-refractivity contribution in [2.24, 2.45) is 0 Å². The van der Waals surface area contributed by atoms with E-state index in [9.17, 15) is 27.6 Å². The van der Waals surface area contributed by atoms with E-state index in [0.717, 1.165) is 17.7 Å². The van der Waals surface area contributed by atoms with Gasteiger partial charge in [-0.05, 0) is 36.6 Å². The maximum atomic E-state index is 13.0. The summed E-state index contributed by atoms with van der Waals surface area (Å²) in [4.78, 5) is 38.0. The third-order valence-corrected chi connectivity index (χ3v) is 4.92. The fourth-order valence-electron chi connectivity index (χ4n) is 3.23. The molecule has 0 saturated carbocycles. The molecule has 1 aliphatic rings. The van der Waals surface area contributed by atoms with E-state index in [1.54, 1.807) is 0 Å². The number of benzene rings is 2. The average molecular weight is 419 g/mol. The van der Waals surface area contributed by atoms with Crippen LogP contribution >= 0.6 is 0 Å². The van der Waals surface area contributed by atoms with Crippen molar-refractivity contribution in [3.05, 3.63) is 71.3 Å². The molecule has 9 heteroatoms. The Morgan fingerprint density at radius 2 is 1.80 bits per heavy atom. The van der Waals surface area contributed by atoms with Gasteiger partial charge in [0.2, 0.25) is 5.91 Å². The Kier molecular flexibility index (Phi) is 5.82. The Balaban J connectivity index is 1.66. The summed E-state index contributed by atoms with van der Waals surface area (Å²) < 4.78 is 39.0. The third kappa shape index (κ3) is 4.45. The first-order valence-corrected chi connectivity index (χ1v) is 9.24. The monoisotopic (exact) mass is 419 g/mol. The van der Waals surface area contributed by atoms with Crippen LogP contribution in [-0.4, -0.2) is 35.8 Å². The van der Waals surface area contributed by atoms with Crippen LogP contribution in [0.25, 0.3) is 0 Å². The number of hydrogen-bond acceptors (Lipinski definition) is 3. The molecule has 1 saturated heterocycles. The van der Waals surface area contributed by atoms with Gasteiger partial charge in [0.05, 0.1) is 5.56 Å². The lowest BCUT2D eigenvalue weighted by molar-refractivity contribution is -0.138. The molecule has 30 heavy (non-hydrogen) atoms. The lowest BCUT2D eigenvalue weighted by Crippen LogP contribution is -2.43. The fraction of sp³-hybridized carbons (Fsp3) is 0.286. The van der Waals surface area contributed by atoms with Crippen LogP contribution < -0.4 is 10.6 Å². The smallest absolute Gasteiger partial charge is 0.354 e. The van der Waals surface area contributed by atoms with Gasteiger partial charge in [-0.1, -0.05) is 42.5 Å². The number of carbonyl (C=O) groups is 3. The standard InChI is InChI=1S/C21H20F3N3O3/c1-20(15-8-5-9-16(12-15)21(22,23)24)18(29)27(19(30)26-20)13-17(28)25-11-10-14-6-3-2-4-7-14/h2-9,12H,10-11,13H2,1H3,(H,25,28)(H,26,30)/t20-/m0/s1. The minimum Gasteiger partial charge on any atom is -0.354 e. The summed E-state index contributed by atoms with van der Waals surface area (Å²) in [6.07, 6.45) is -4.01. The van der Waals surface area contributed by atoms with Crippen LogP contribution in [-0.2, 0) is 27.7 Å². The molecule has 1 atom stereocenters. The van der Waals surface area contributed by atoms with Gasteiger partial charge in [-0.15, -0.1) is 0 Å². The minimum absolute atomic E-state index is 0.0114. The van der Waals surface area contributed by atoms with E-state index in [1.165, 1.54) is 19.1 Å². The minimum atomic E-state index is -4.59. The molecule has 0 radical (unpaired) electrons. The summed E-state index contributed by atoms with van der Waals surface area (Å²) in [7, 11) is 0. The van der Waals surface area contributed by atoms with Crippen molar-refractivity contribution in [3.8, 4) is 0 Å². The van der Waals surface area contributed by atoms with Gasteiger partial charge in [0.1, 0.15) is 12.1 Å². The predicted molar refractivity (Wildman–Crippen MR) is 102 cm³/mol. The number of halogens is 3. The summed E-state index contributed by atoms with van der Waals surface area (Å²) in [6, 6.07) is 12.8. The average Bonchev–Trinajstić information content (AvgIpc) is 2.92. The van der Waals surface area contributed by atoms with E-state index in [-0.39, 0.29) is 5.56 Å². The highest BCUT2D eigenvalue weighted by molar-refractivity contribution is 6.09. The first-order chi connectivity index (χ1) is 14.1. The molecule has 2 aromatic carbocycles. The first-order valence-electron chi connectivity index (χ1n) is 9.24. The second-order valence-corrected chi connectivity index (χ2v) is 7.11. The molecule has 4 amide bonds. The molecule has 1 heterocycles. The summed E-state index contributed by atoms with van der Waals surface area (Å²) in [5.74, 6) is -1.33. The van der Waals surface area contributed by atoms with Crippen LogP contribution in [0.3, 0.4) is 0 Å². The third-order valence-electron chi connectivity index (χ3n) is 4.92. The summed E-state index contributed by atoms with van der Waals surface area (Å²) in [5, 5.41) is 5.04. The number of amides is 4. The van der Waals surface area contributed by atoms with Gasteiger partial charge in [-0.2, -0.15) is 13.2 Å². The van der Waals surface area contributed by atoms with Gasteiger partial charge in [-0.3, -0.25) is 14.5 Å². The highest BCUT2D eigenvalue weighted by atomic mass is 19.4. The predicted octanol–water partition coefficient (Wildman–Crippen LogP) is 2.83. The van der Waals surface area contributed by atoms with Crippen molar-refractivity contribution in [1.29, 1.82) is 0 Å². The van der Waals surface area contributed by atoms with Gasteiger partial charge in [0, 0.05) is 6.54 Å². The Bertz CT molecular complexity index is 963. The zero-order chi connectivity index (χ0) is 21.9. The number of nitrogens with zero attached hydrogens (tertiary/aromatic N) is 1. The molecular formula is C21H20F3N3O3. The van der Waals surface area contributed by atoms with Crippen LogP contribution in [0, 0.1) is 0 Å². The maximum Gasteiger partial charge on any atom is 0.416 e. The molecule has 0 aliphatic carbocycles. The molecule has 0 unspecified atom stereocenters. The van der Waals surface area contributed by atoms with Gasteiger partial charge in [-0.25, -0.2) is 4.79 Å². The largest absolute Gasteiger partial charge is 0.416 e. The van der Waals surface area contributed by atoms with Crippen molar-refractivity contribution in [2.75, 3.05) is 13.1 Å². The lowest BCUT2D eigenvalue weighted by atomic mass is 9.90. The van der Waals surface area contributed by atoms with Crippen LogP contribution in [0.1, 0.15) is 23.6 Å². The maximum absolute atomic E-state index is 13.0. The molecule has 0 spiro atoms. The molecule has 1 aliphatic heterocycles. The van der Waals surface area contributed by atoms with Gasteiger partial charge >= 0.3 is 12.2 Å². The number of carbonyl (C=O) groups excluding carboxylic acids is 3. The van der Waals surface area contributed by atoms with Crippen LogP contribution in [0.5, 0.6) is 0 Å². The number of imide groups is 1. The van der Waals surface area contributed by atoms with Crippen LogP contribution in [0.4, 0.5) is 18.0 Å². The topological polar surface area (TPSA) is 78.5 Å². The summed E-state index contributed by atoms with van der Waals surface area (Å²) in [6.45, 7) is 1.11. The molecule has 2 N–H and O–H groups in total. The van der Waals surface area contributed by atoms with Crippen molar-refractivity contribution < 1.29 is 27.6 Å². The molecule has 6 nitrogen and oxygen atoms in total. The molecule has 3 rings (SSSR count). The highest BCUT2D eigenvalue weighted by Crippen LogP contribution is 2.34. The van der Waals surface area contributed by atoms with Crippen molar-refractivity contribution in [3.63, 3.8) is 0 Å². The summed E-state index contributed by atoms with van der Waals surface area (Å²) >= 11 is 0. The Morgan fingerprint density at radius 3 is 2.47 bits per heavy atom. The molecular weight excluding hydrogens is 399 g/mol. The zero-order valence-corrected chi connectivity index (χ0v) is 16.1. The van der Waals surface area contributed by atoms with E-state index in [1.807, 2.05) is 30.3 Å². The second-order valence-electron chi connectivity index (χ2n) is 7.11. The lowest BCUT2D eigenvalue weighted by Gasteiger charge is -2.23. The molecule has 1 fully saturated rings. The quantitative estimate of drug-likeness (QED) is 0.707. The van der Waals surface area contributed by atoms with Gasteiger partial charge in [0.15, 0.2) is 0 Å². The number of nitrogens with one attached hydrogen (secondary N) is 2. The number of rotatable bonds is 6. The van der Waals surface area contributed by atoms with E-state index in [4.69, 9.17) is 0 Å².